The Morgan fingerprint density at radius 2 is 1.79 bits per heavy atom. The molecule has 3 aromatic rings. The fraction of sp³-hybridized carbons (Fsp3) is 0.222. The number of halogens is 2. The predicted molar refractivity (Wildman–Crippen MR) is 87.7 cm³/mol. The summed E-state index contributed by atoms with van der Waals surface area (Å²) in [6.45, 7) is 4.50. The zero-order valence-electron chi connectivity index (χ0n) is 13.6. The summed E-state index contributed by atoms with van der Waals surface area (Å²) in [5, 5.41) is 7.42. The fourth-order valence-corrected chi connectivity index (χ4v) is 2.54. The minimum Gasteiger partial charge on any atom is -0.308 e. The van der Waals surface area contributed by atoms with Crippen LogP contribution >= 0.6 is 0 Å². The molecular weight excluding hydrogens is 310 g/mol. The minimum absolute atomic E-state index is 0.0460. The maximum atomic E-state index is 13.6. The molecule has 2 aromatic heterocycles. The molecule has 1 aromatic carbocycles. The third-order valence-electron chi connectivity index (χ3n) is 3.73. The second-order valence-corrected chi connectivity index (χ2v) is 5.67. The molecule has 2 heterocycles. The Morgan fingerprint density at radius 1 is 1.04 bits per heavy atom. The molecule has 0 atom stereocenters. The molecule has 3 rings (SSSR count). The summed E-state index contributed by atoms with van der Waals surface area (Å²) in [6, 6.07) is 9.65. The average molecular weight is 328 g/mol. The van der Waals surface area contributed by atoms with Gasteiger partial charge in [0.15, 0.2) is 5.82 Å². The highest BCUT2D eigenvalue weighted by molar-refractivity contribution is 5.28. The van der Waals surface area contributed by atoms with Gasteiger partial charge in [0.1, 0.15) is 11.6 Å². The minimum atomic E-state index is -0.541. The predicted octanol–water partition coefficient (Wildman–Crippen LogP) is 3.45. The van der Waals surface area contributed by atoms with Crippen molar-refractivity contribution in [2.75, 3.05) is 0 Å². The van der Waals surface area contributed by atoms with Crippen LogP contribution in [-0.4, -0.2) is 14.8 Å². The van der Waals surface area contributed by atoms with E-state index in [4.69, 9.17) is 0 Å². The summed E-state index contributed by atoms with van der Waals surface area (Å²) >= 11 is 0. The SMILES string of the molecule is Cc1cc(C)n(-c2ccc(CNCc3c(F)cccc3F)cn2)n1. The second-order valence-electron chi connectivity index (χ2n) is 5.67. The van der Waals surface area contributed by atoms with Gasteiger partial charge >= 0.3 is 0 Å². The van der Waals surface area contributed by atoms with Crippen LogP contribution in [0.4, 0.5) is 8.78 Å². The van der Waals surface area contributed by atoms with Crippen LogP contribution < -0.4 is 5.32 Å². The number of nitrogens with zero attached hydrogens (tertiary/aromatic N) is 3. The van der Waals surface area contributed by atoms with Gasteiger partial charge in [-0.1, -0.05) is 12.1 Å². The van der Waals surface area contributed by atoms with E-state index in [0.717, 1.165) is 22.8 Å². The average Bonchev–Trinajstić information content (AvgIpc) is 2.89. The molecule has 1 N–H and O–H groups in total. The molecule has 0 unspecified atom stereocenters. The van der Waals surface area contributed by atoms with Gasteiger partial charge < -0.3 is 5.32 Å². The molecular formula is C18H18F2N4. The van der Waals surface area contributed by atoms with E-state index in [0.29, 0.717) is 6.54 Å². The Morgan fingerprint density at radius 3 is 2.38 bits per heavy atom. The summed E-state index contributed by atoms with van der Waals surface area (Å²) < 4.78 is 28.9. The van der Waals surface area contributed by atoms with Crippen molar-refractivity contribution in [1.29, 1.82) is 0 Å². The van der Waals surface area contributed by atoms with E-state index in [-0.39, 0.29) is 12.1 Å². The molecule has 24 heavy (non-hydrogen) atoms. The summed E-state index contributed by atoms with van der Waals surface area (Å²) in [5.74, 6) is -0.342. The number of hydrogen-bond acceptors (Lipinski definition) is 3. The molecule has 0 radical (unpaired) electrons. The van der Waals surface area contributed by atoms with Crippen LogP contribution in [0.1, 0.15) is 22.5 Å². The number of aryl methyl sites for hydroxylation is 2. The van der Waals surface area contributed by atoms with Crippen molar-refractivity contribution in [2.24, 2.45) is 0 Å². The first-order valence-electron chi connectivity index (χ1n) is 7.67. The van der Waals surface area contributed by atoms with Gasteiger partial charge in [-0.2, -0.15) is 5.10 Å². The van der Waals surface area contributed by atoms with Crippen LogP contribution in [0.25, 0.3) is 5.82 Å². The van der Waals surface area contributed by atoms with Gasteiger partial charge in [-0.15, -0.1) is 0 Å². The van der Waals surface area contributed by atoms with E-state index < -0.39 is 11.6 Å². The molecule has 4 nitrogen and oxygen atoms in total. The van der Waals surface area contributed by atoms with Crippen molar-refractivity contribution in [1.82, 2.24) is 20.1 Å². The van der Waals surface area contributed by atoms with Gasteiger partial charge in [-0.05, 0) is 43.7 Å². The van der Waals surface area contributed by atoms with E-state index in [1.807, 2.05) is 32.0 Å². The molecule has 0 aliphatic rings. The number of rotatable bonds is 5. The summed E-state index contributed by atoms with van der Waals surface area (Å²) in [6.07, 6.45) is 1.73. The van der Waals surface area contributed by atoms with Gasteiger partial charge in [-0.25, -0.2) is 18.4 Å². The Balaban J connectivity index is 1.64. The number of hydrogen-bond donors (Lipinski definition) is 1. The lowest BCUT2D eigenvalue weighted by Crippen LogP contribution is -2.15. The molecule has 6 heteroatoms. The van der Waals surface area contributed by atoms with Crippen molar-refractivity contribution in [3.05, 3.63) is 76.7 Å². The third kappa shape index (κ3) is 3.49. The highest BCUT2D eigenvalue weighted by Gasteiger charge is 2.08. The van der Waals surface area contributed by atoms with E-state index in [1.165, 1.54) is 18.2 Å². The van der Waals surface area contributed by atoms with Gasteiger partial charge in [0, 0.05) is 30.5 Å². The lowest BCUT2D eigenvalue weighted by Gasteiger charge is -2.08. The first-order chi connectivity index (χ1) is 11.5. The van der Waals surface area contributed by atoms with Crippen molar-refractivity contribution in [3.8, 4) is 5.82 Å². The van der Waals surface area contributed by atoms with Gasteiger partial charge in [0.05, 0.1) is 5.69 Å². The van der Waals surface area contributed by atoms with Crippen molar-refractivity contribution >= 4 is 0 Å². The van der Waals surface area contributed by atoms with Crippen LogP contribution in [0.5, 0.6) is 0 Å². The highest BCUT2D eigenvalue weighted by atomic mass is 19.1. The smallest absolute Gasteiger partial charge is 0.153 e. The monoisotopic (exact) mass is 328 g/mol. The first kappa shape index (κ1) is 16.3. The highest BCUT2D eigenvalue weighted by Crippen LogP contribution is 2.13. The first-order valence-corrected chi connectivity index (χ1v) is 7.67. The molecule has 0 aliphatic carbocycles. The van der Waals surface area contributed by atoms with Crippen molar-refractivity contribution in [2.45, 2.75) is 26.9 Å². The Hall–Kier alpha value is -2.60. The normalized spacial score (nSPS) is 11.0. The summed E-state index contributed by atoms with van der Waals surface area (Å²) in [5.41, 5.74) is 2.93. The van der Waals surface area contributed by atoms with Gasteiger partial charge in [-0.3, -0.25) is 0 Å². The number of pyridine rings is 1. The maximum Gasteiger partial charge on any atom is 0.153 e. The second kappa shape index (κ2) is 6.88. The van der Waals surface area contributed by atoms with Crippen molar-refractivity contribution < 1.29 is 8.78 Å². The zero-order chi connectivity index (χ0) is 17.1. The Kier molecular flexibility index (Phi) is 4.66. The fourth-order valence-electron chi connectivity index (χ4n) is 2.54. The molecule has 0 saturated heterocycles. The molecule has 0 bridgehead atoms. The van der Waals surface area contributed by atoms with Gasteiger partial charge in [0.25, 0.3) is 0 Å². The van der Waals surface area contributed by atoms with Gasteiger partial charge in [0.2, 0.25) is 0 Å². The molecule has 124 valence electrons. The number of nitrogens with one attached hydrogen (secondary N) is 1. The molecule has 0 fully saturated rings. The van der Waals surface area contributed by atoms with Crippen LogP contribution in [0.2, 0.25) is 0 Å². The lowest BCUT2D eigenvalue weighted by atomic mass is 10.2. The Labute approximate surface area is 139 Å². The molecule has 0 spiro atoms. The molecule has 0 aliphatic heterocycles. The van der Waals surface area contributed by atoms with E-state index >= 15 is 0 Å². The van der Waals surface area contributed by atoms with Crippen LogP contribution in [-0.2, 0) is 13.1 Å². The van der Waals surface area contributed by atoms with E-state index in [2.05, 4.69) is 15.4 Å². The van der Waals surface area contributed by atoms with E-state index in [1.54, 1.807) is 10.9 Å². The van der Waals surface area contributed by atoms with E-state index in [9.17, 15) is 8.78 Å². The topological polar surface area (TPSA) is 42.7 Å². The van der Waals surface area contributed by atoms with Crippen LogP contribution in [0, 0.1) is 25.5 Å². The third-order valence-corrected chi connectivity index (χ3v) is 3.73. The zero-order valence-corrected chi connectivity index (χ0v) is 13.6. The van der Waals surface area contributed by atoms with Crippen LogP contribution in [0.15, 0.2) is 42.6 Å². The Bertz CT molecular complexity index is 820. The lowest BCUT2D eigenvalue weighted by molar-refractivity contribution is 0.535. The van der Waals surface area contributed by atoms with Crippen LogP contribution in [0.3, 0.4) is 0 Å². The quantitative estimate of drug-likeness (QED) is 0.780. The number of aromatic nitrogens is 3. The molecule has 0 amide bonds. The molecule has 0 saturated carbocycles. The van der Waals surface area contributed by atoms with Crippen molar-refractivity contribution in [3.63, 3.8) is 0 Å². The number of benzene rings is 1. The summed E-state index contributed by atoms with van der Waals surface area (Å²) in [4.78, 5) is 4.40. The largest absolute Gasteiger partial charge is 0.308 e. The summed E-state index contributed by atoms with van der Waals surface area (Å²) in [7, 11) is 0. The standard InChI is InChI=1S/C18H18F2N4/c1-12-8-13(2)24(23-12)18-7-6-14(10-22-18)9-21-11-15-16(19)4-3-5-17(15)20/h3-8,10,21H,9,11H2,1-2H3. The maximum absolute atomic E-state index is 13.6.